The first-order valence-corrected chi connectivity index (χ1v) is 6.53. The zero-order valence-electron chi connectivity index (χ0n) is 10.2. The fourth-order valence-electron chi connectivity index (χ4n) is 1.44. The highest BCUT2D eigenvalue weighted by Crippen LogP contribution is 2.17. The van der Waals surface area contributed by atoms with E-state index in [9.17, 15) is 0 Å². The second-order valence-electron chi connectivity index (χ2n) is 3.84. The minimum absolute atomic E-state index is 0.193. The van der Waals surface area contributed by atoms with Crippen LogP contribution in [-0.2, 0) is 13.0 Å². The molecule has 92 valence electrons. The van der Waals surface area contributed by atoms with Gasteiger partial charge in [0.05, 0.1) is 17.2 Å². The van der Waals surface area contributed by atoms with E-state index in [0.717, 1.165) is 12.1 Å². The molecule has 2 aromatic rings. The third kappa shape index (κ3) is 3.10. The van der Waals surface area contributed by atoms with Crippen LogP contribution in [0.4, 0.5) is 0 Å². The molecule has 2 heterocycles. The molecule has 2 rings (SSSR count). The molecular weight excluding hydrogens is 236 g/mol. The van der Waals surface area contributed by atoms with Gasteiger partial charge in [-0.15, -0.1) is 21.5 Å². The molecule has 1 unspecified atom stereocenters. The van der Waals surface area contributed by atoms with Crippen LogP contribution >= 0.6 is 11.3 Å². The van der Waals surface area contributed by atoms with Gasteiger partial charge in [-0.05, 0) is 13.3 Å². The predicted molar refractivity (Wildman–Crippen MR) is 65.8 cm³/mol. The van der Waals surface area contributed by atoms with Crippen molar-refractivity contribution in [2.45, 2.75) is 39.8 Å². The summed E-state index contributed by atoms with van der Waals surface area (Å²) < 4.78 is 5.29. The average Bonchev–Trinajstić information content (AvgIpc) is 2.94. The summed E-state index contributed by atoms with van der Waals surface area (Å²) in [6.07, 6.45) is 0.986. The molecular formula is C11H16N4OS. The Kier molecular flexibility index (Phi) is 3.86. The molecule has 0 amide bonds. The maximum Gasteiger partial charge on any atom is 0.230 e. The van der Waals surface area contributed by atoms with Crippen LogP contribution < -0.4 is 5.32 Å². The maximum absolute atomic E-state index is 5.29. The lowest BCUT2D eigenvalue weighted by Crippen LogP contribution is -2.18. The van der Waals surface area contributed by atoms with Gasteiger partial charge in [0.2, 0.25) is 11.8 Å². The van der Waals surface area contributed by atoms with Crippen molar-refractivity contribution in [2.75, 3.05) is 0 Å². The largest absolute Gasteiger partial charge is 0.424 e. The van der Waals surface area contributed by atoms with E-state index in [1.807, 2.05) is 0 Å². The SMILES string of the molecule is CCc1nc(C(C)NCc2nnc(C)o2)cs1. The van der Waals surface area contributed by atoms with Crippen LogP contribution in [-0.4, -0.2) is 15.2 Å². The Balaban J connectivity index is 1.90. The number of nitrogens with one attached hydrogen (secondary N) is 1. The molecule has 1 N–H and O–H groups in total. The molecule has 0 saturated heterocycles. The van der Waals surface area contributed by atoms with Gasteiger partial charge >= 0.3 is 0 Å². The van der Waals surface area contributed by atoms with E-state index in [2.05, 4.69) is 39.7 Å². The number of aryl methyl sites for hydroxylation is 2. The van der Waals surface area contributed by atoms with Crippen LogP contribution in [0.3, 0.4) is 0 Å². The van der Waals surface area contributed by atoms with Crippen molar-refractivity contribution in [1.29, 1.82) is 0 Å². The molecule has 5 nitrogen and oxygen atoms in total. The Morgan fingerprint density at radius 1 is 1.47 bits per heavy atom. The lowest BCUT2D eigenvalue weighted by Gasteiger charge is -2.08. The summed E-state index contributed by atoms with van der Waals surface area (Å²) >= 11 is 1.70. The van der Waals surface area contributed by atoms with Crippen molar-refractivity contribution in [2.24, 2.45) is 0 Å². The Bertz CT molecular complexity index is 479. The number of hydrogen-bond acceptors (Lipinski definition) is 6. The highest BCUT2D eigenvalue weighted by Gasteiger charge is 2.10. The molecule has 0 spiro atoms. The highest BCUT2D eigenvalue weighted by molar-refractivity contribution is 7.09. The molecule has 0 saturated carbocycles. The average molecular weight is 252 g/mol. The van der Waals surface area contributed by atoms with Gasteiger partial charge in [-0.25, -0.2) is 4.98 Å². The van der Waals surface area contributed by atoms with Gasteiger partial charge in [-0.3, -0.25) is 0 Å². The van der Waals surface area contributed by atoms with Crippen LogP contribution in [0.1, 0.15) is 42.4 Å². The second-order valence-corrected chi connectivity index (χ2v) is 4.78. The van der Waals surface area contributed by atoms with Crippen molar-refractivity contribution >= 4 is 11.3 Å². The van der Waals surface area contributed by atoms with Crippen LogP contribution in [0, 0.1) is 6.92 Å². The predicted octanol–water partition coefficient (Wildman–Crippen LogP) is 2.25. The summed E-state index contributed by atoms with van der Waals surface area (Å²) in [6.45, 7) is 6.55. The van der Waals surface area contributed by atoms with Gasteiger partial charge in [-0.1, -0.05) is 6.92 Å². The Morgan fingerprint density at radius 2 is 2.29 bits per heavy atom. The summed E-state index contributed by atoms with van der Waals surface area (Å²) in [5.74, 6) is 1.21. The zero-order chi connectivity index (χ0) is 12.3. The second kappa shape index (κ2) is 5.37. The Morgan fingerprint density at radius 3 is 2.88 bits per heavy atom. The van der Waals surface area contributed by atoms with Crippen molar-refractivity contribution in [3.63, 3.8) is 0 Å². The minimum atomic E-state index is 0.193. The van der Waals surface area contributed by atoms with Gasteiger partial charge in [0, 0.05) is 18.3 Å². The summed E-state index contributed by atoms with van der Waals surface area (Å²) in [6, 6.07) is 0.193. The van der Waals surface area contributed by atoms with Crippen LogP contribution in [0.25, 0.3) is 0 Å². The summed E-state index contributed by atoms with van der Waals surface area (Å²) in [4.78, 5) is 4.54. The molecule has 2 aromatic heterocycles. The zero-order valence-corrected chi connectivity index (χ0v) is 11.0. The van der Waals surface area contributed by atoms with Gasteiger partial charge in [0.1, 0.15) is 0 Å². The Labute approximate surface area is 104 Å². The topological polar surface area (TPSA) is 63.8 Å². The van der Waals surface area contributed by atoms with Crippen LogP contribution in [0.5, 0.6) is 0 Å². The van der Waals surface area contributed by atoms with E-state index in [4.69, 9.17) is 4.42 Å². The smallest absolute Gasteiger partial charge is 0.230 e. The first-order chi connectivity index (χ1) is 8.19. The molecule has 6 heteroatoms. The van der Waals surface area contributed by atoms with Gasteiger partial charge < -0.3 is 9.73 Å². The monoisotopic (exact) mass is 252 g/mol. The van der Waals surface area contributed by atoms with Gasteiger partial charge in [0.15, 0.2) is 0 Å². The summed E-state index contributed by atoms with van der Waals surface area (Å²) in [5.41, 5.74) is 1.07. The van der Waals surface area contributed by atoms with E-state index in [1.54, 1.807) is 18.3 Å². The summed E-state index contributed by atoms with van der Waals surface area (Å²) in [7, 11) is 0. The van der Waals surface area contributed by atoms with Gasteiger partial charge in [-0.2, -0.15) is 0 Å². The molecule has 1 atom stereocenters. The number of thiazole rings is 1. The lowest BCUT2D eigenvalue weighted by atomic mass is 10.2. The standard InChI is InChI=1S/C11H16N4OS/c1-4-11-13-9(6-17-11)7(2)12-5-10-15-14-8(3)16-10/h6-7,12H,4-5H2,1-3H3. The minimum Gasteiger partial charge on any atom is -0.424 e. The molecule has 0 fully saturated rings. The quantitative estimate of drug-likeness (QED) is 0.884. The molecule has 17 heavy (non-hydrogen) atoms. The highest BCUT2D eigenvalue weighted by atomic mass is 32.1. The van der Waals surface area contributed by atoms with E-state index in [1.165, 1.54) is 5.01 Å². The molecule has 0 bridgehead atoms. The number of nitrogens with zero attached hydrogens (tertiary/aromatic N) is 3. The fraction of sp³-hybridized carbons (Fsp3) is 0.545. The first-order valence-electron chi connectivity index (χ1n) is 5.65. The number of hydrogen-bond donors (Lipinski definition) is 1. The van der Waals surface area contributed by atoms with E-state index < -0.39 is 0 Å². The third-order valence-corrected chi connectivity index (χ3v) is 3.45. The lowest BCUT2D eigenvalue weighted by molar-refractivity contribution is 0.429. The van der Waals surface area contributed by atoms with Crippen molar-refractivity contribution in [3.05, 3.63) is 27.9 Å². The van der Waals surface area contributed by atoms with Crippen molar-refractivity contribution < 1.29 is 4.42 Å². The van der Waals surface area contributed by atoms with Gasteiger partial charge in [0.25, 0.3) is 0 Å². The Hall–Kier alpha value is -1.27. The van der Waals surface area contributed by atoms with Crippen molar-refractivity contribution in [3.8, 4) is 0 Å². The normalized spacial score (nSPS) is 12.9. The van der Waals surface area contributed by atoms with E-state index in [0.29, 0.717) is 18.3 Å². The molecule has 0 aliphatic carbocycles. The van der Waals surface area contributed by atoms with E-state index >= 15 is 0 Å². The van der Waals surface area contributed by atoms with Crippen molar-refractivity contribution in [1.82, 2.24) is 20.5 Å². The molecule has 0 aliphatic heterocycles. The molecule has 0 aliphatic rings. The van der Waals surface area contributed by atoms with Crippen LogP contribution in [0.2, 0.25) is 0 Å². The first kappa shape index (κ1) is 12.2. The summed E-state index contributed by atoms with van der Waals surface area (Å²) in [5, 5.41) is 14.3. The fourth-order valence-corrected chi connectivity index (χ4v) is 2.28. The molecule has 0 aromatic carbocycles. The number of rotatable bonds is 5. The number of aromatic nitrogens is 3. The molecule has 0 radical (unpaired) electrons. The van der Waals surface area contributed by atoms with E-state index in [-0.39, 0.29) is 6.04 Å². The maximum atomic E-state index is 5.29. The third-order valence-electron chi connectivity index (χ3n) is 2.44. The van der Waals surface area contributed by atoms with Crippen LogP contribution in [0.15, 0.2) is 9.80 Å².